The normalized spacial score (nSPS) is 15.4. The molecule has 1 aliphatic rings. The Morgan fingerprint density at radius 2 is 1.94 bits per heavy atom. The van der Waals surface area contributed by atoms with Crippen molar-refractivity contribution in [2.45, 2.75) is 18.9 Å². The van der Waals surface area contributed by atoms with E-state index >= 15 is 0 Å². The molecule has 1 heterocycles. The van der Waals surface area contributed by atoms with Crippen molar-refractivity contribution in [3.05, 3.63) is 93.5 Å². The highest BCUT2D eigenvalue weighted by Gasteiger charge is 2.31. The first-order chi connectivity index (χ1) is 17.4. The van der Waals surface area contributed by atoms with Gasteiger partial charge in [0, 0.05) is 40.1 Å². The van der Waals surface area contributed by atoms with Gasteiger partial charge in [-0.25, -0.2) is 5.43 Å². The highest BCUT2D eigenvalue weighted by atomic mass is 35.5. The molecular formula is C27H25Cl2N3O4. The van der Waals surface area contributed by atoms with Crippen LogP contribution in [-0.4, -0.2) is 43.1 Å². The molecule has 186 valence electrons. The minimum atomic E-state index is -0.383. The van der Waals surface area contributed by atoms with Crippen LogP contribution in [0.2, 0.25) is 10.0 Å². The van der Waals surface area contributed by atoms with Crippen molar-refractivity contribution in [3.8, 4) is 11.5 Å². The van der Waals surface area contributed by atoms with E-state index in [0.717, 1.165) is 11.1 Å². The molecule has 3 aromatic carbocycles. The second kappa shape index (κ2) is 11.9. The Labute approximate surface area is 219 Å². The van der Waals surface area contributed by atoms with Crippen LogP contribution in [0.1, 0.15) is 29.0 Å². The number of amides is 2. The molecule has 1 saturated heterocycles. The van der Waals surface area contributed by atoms with Crippen LogP contribution in [0.15, 0.2) is 71.8 Å². The standard InChI is InChI=1S/C27H25Cl2N3O4/c1-35-24-9-5-8-19(27(24)36-17-20-10-11-22(28)13-23(20)29)14-30-31-25(33)16-32-15-21(12-26(32)34)18-6-3-2-4-7-18/h2-11,13-14,21H,12,15-17H2,1H3,(H,31,33)/b30-14-/t21-/m0/s1. The van der Waals surface area contributed by atoms with Gasteiger partial charge in [-0.1, -0.05) is 65.7 Å². The molecule has 3 aromatic rings. The third-order valence-electron chi connectivity index (χ3n) is 5.83. The number of rotatable bonds is 9. The molecule has 1 N–H and O–H groups in total. The summed E-state index contributed by atoms with van der Waals surface area (Å²) >= 11 is 12.2. The van der Waals surface area contributed by atoms with Gasteiger partial charge < -0.3 is 14.4 Å². The molecule has 4 rings (SSSR count). The van der Waals surface area contributed by atoms with Crippen LogP contribution in [0.3, 0.4) is 0 Å². The summed E-state index contributed by atoms with van der Waals surface area (Å²) in [5.41, 5.74) is 4.94. The maximum atomic E-state index is 12.5. The highest BCUT2D eigenvalue weighted by molar-refractivity contribution is 6.35. The number of carbonyl (C=O) groups excluding carboxylic acids is 2. The zero-order chi connectivity index (χ0) is 25.5. The molecule has 9 heteroatoms. The fourth-order valence-electron chi connectivity index (χ4n) is 3.99. The van der Waals surface area contributed by atoms with Crippen molar-refractivity contribution in [2.24, 2.45) is 5.10 Å². The van der Waals surface area contributed by atoms with Crippen molar-refractivity contribution >= 4 is 41.2 Å². The van der Waals surface area contributed by atoms with Crippen molar-refractivity contribution < 1.29 is 19.1 Å². The van der Waals surface area contributed by atoms with Crippen molar-refractivity contribution in [1.29, 1.82) is 0 Å². The third-order valence-corrected chi connectivity index (χ3v) is 6.42. The number of nitrogens with one attached hydrogen (secondary N) is 1. The van der Waals surface area contributed by atoms with Crippen LogP contribution in [-0.2, 0) is 16.2 Å². The third kappa shape index (κ3) is 6.36. The lowest BCUT2D eigenvalue weighted by Crippen LogP contribution is -2.36. The molecule has 1 aliphatic heterocycles. The van der Waals surface area contributed by atoms with E-state index < -0.39 is 0 Å². The largest absolute Gasteiger partial charge is 0.493 e. The number of benzene rings is 3. The summed E-state index contributed by atoms with van der Waals surface area (Å²) < 4.78 is 11.4. The summed E-state index contributed by atoms with van der Waals surface area (Å²) in [6.45, 7) is 0.625. The minimum absolute atomic E-state index is 0.0488. The van der Waals surface area contributed by atoms with Crippen molar-refractivity contribution in [1.82, 2.24) is 10.3 Å². The fourth-order valence-corrected chi connectivity index (χ4v) is 4.46. The quantitative estimate of drug-likeness (QED) is 0.313. The first kappa shape index (κ1) is 25.5. The maximum Gasteiger partial charge on any atom is 0.259 e. The van der Waals surface area contributed by atoms with Crippen LogP contribution in [0.5, 0.6) is 11.5 Å². The number of hydrazone groups is 1. The number of hydrogen-bond donors (Lipinski definition) is 1. The molecule has 0 radical (unpaired) electrons. The van der Waals surface area contributed by atoms with E-state index in [1.165, 1.54) is 13.3 Å². The van der Waals surface area contributed by atoms with Gasteiger partial charge in [-0.15, -0.1) is 0 Å². The van der Waals surface area contributed by atoms with Gasteiger partial charge in [0.25, 0.3) is 5.91 Å². The Kier molecular flexibility index (Phi) is 8.46. The van der Waals surface area contributed by atoms with Crippen LogP contribution in [0.25, 0.3) is 0 Å². The van der Waals surface area contributed by atoms with E-state index in [-0.39, 0.29) is 30.9 Å². The van der Waals surface area contributed by atoms with Gasteiger partial charge in [0.1, 0.15) is 13.2 Å². The molecule has 1 fully saturated rings. The van der Waals surface area contributed by atoms with E-state index in [1.807, 2.05) is 30.3 Å². The molecule has 0 spiro atoms. The SMILES string of the molecule is COc1cccc(/C=N\NC(=O)CN2C[C@@H](c3ccccc3)CC2=O)c1OCc1ccc(Cl)cc1Cl. The molecule has 0 aliphatic carbocycles. The first-order valence-corrected chi connectivity index (χ1v) is 12.1. The molecular weight excluding hydrogens is 501 g/mol. The molecule has 2 amide bonds. The number of nitrogens with zero attached hydrogens (tertiary/aromatic N) is 2. The summed E-state index contributed by atoms with van der Waals surface area (Å²) in [5.74, 6) is 0.606. The maximum absolute atomic E-state index is 12.5. The predicted molar refractivity (Wildman–Crippen MR) is 140 cm³/mol. The average molecular weight is 526 g/mol. The van der Waals surface area contributed by atoms with Gasteiger partial charge in [0.05, 0.1) is 13.3 Å². The molecule has 1 atom stereocenters. The predicted octanol–water partition coefficient (Wildman–Crippen LogP) is 5.05. The second-order valence-corrected chi connectivity index (χ2v) is 9.13. The summed E-state index contributed by atoms with van der Waals surface area (Å²) in [4.78, 5) is 26.4. The Balaban J connectivity index is 1.37. The minimum Gasteiger partial charge on any atom is -0.493 e. The molecule has 36 heavy (non-hydrogen) atoms. The first-order valence-electron chi connectivity index (χ1n) is 11.3. The van der Waals surface area contributed by atoms with E-state index in [0.29, 0.717) is 40.1 Å². The molecule has 0 bridgehead atoms. The zero-order valence-electron chi connectivity index (χ0n) is 19.6. The van der Waals surface area contributed by atoms with E-state index in [9.17, 15) is 9.59 Å². The number of ether oxygens (including phenoxy) is 2. The lowest BCUT2D eigenvalue weighted by atomic mass is 9.99. The second-order valence-electron chi connectivity index (χ2n) is 8.28. The monoisotopic (exact) mass is 525 g/mol. The Hall–Kier alpha value is -3.55. The van der Waals surface area contributed by atoms with Crippen LogP contribution in [0, 0.1) is 0 Å². The fraction of sp³-hybridized carbons (Fsp3) is 0.222. The van der Waals surface area contributed by atoms with Gasteiger partial charge in [-0.05, 0) is 29.8 Å². The molecule has 7 nitrogen and oxygen atoms in total. The Morgan fingerprint density at radius 1 is 1.14 bits per heavy atom. The summed E-state index contributed by atoms with van der Waals surface area (Å²) in [7, 11) is 1.54. The molecule has 0 unspecified atom stereocenters. The topological polar surface area (TPSA) is 80.2 Å². The lowest BCUT2D eigenvalue weighted by molar-refractivity contribution is -0.133. The summed E-state index contributed by atoms with van der Waals surface area (Å²) in [6.07, 6.45) is 1.86. The van der Waals surface area contributed by atoms with Crippen LogP contribution < -0.4 is 14.9 Å². The zero-order valence-corrected chi connectivity index (χ0v) is 21.1. The Morgan fingerprint density at radius 3 is 2.69 bits per heavy atom. The van der Waals surface area contributed by atoms with Gasteiger partial charge in [0.2, 0.25) is 5.91 Å². The Bertz CT molecular complexity index is 1270. The summed E-state index contributed by atoms with van der Waals surface area (Å²) in [5, 5.41) is 5.09. The molecule has 0 saturated carbocycles. The summed E-state index contributed by atoms with van der Waals surface area (Å²) in [6, 6.07) is 20.3. The van der Waals surface area contributed by atoms with Crippen molar-refractivity contribution in [2.75, 3.05) is 20.2 Å². The number of likely N-dealkylation sites (tertiary alicyclic amines) is 1. The number of halogens is 2. The van der Waals surface area contributed by atoms with Gasteiger partial charge in [-0.3, -0.25) is 9.59 Å². The highest BCUT2D eigenvalue weighted by Crippen LogP contribution is 2.32. The molecule has 0 aromatic heterocycles. The number of methoxy groups -OCH3 is 1. The number of hydrogen-bond acceptors (Lipinski definition) is 5. The van der Waals surface area contributed by atoms with E-state index in [4.69, 9.17) is 32.7 Å². The van der Waals surface area contributed by atoms with Crippen LogP contribution in [0.4, 0.5) is 0 Å². The lowest BCUT2D eigenvalue weighted by Gasteiger charge is -2.15. The average Bonchev–Trinajstić information content (AvgIpc) is 3.24. The van der Waals surface area contributed by atoms with E-state index in [2.05, 4.69) is 10.5 Å². The van der Waals surface area contributed by atoms with Crippen molar-refractivity contribution in [3.63, 3.8) is 0 Å². The number of carbonyl (C=O) groups is 2. The van der Waals surface area contributed by atoms with Gasteiger partial charge >= 0.3 is 0 Å². The van der Waals surface area contributed by atoms with Gasteiger partial charge in [0.15, 0.2) is 11.5 Å². The van der Waals surface area contributed by atoms with E-state index in [1.54, 1.807) is 41.3 Å². The van der Waals surface area contributed by atoms with Crippen LogP contribution >= 0.6 is 23.2 Å². The number of para-hydroxylation sites is 1. The van der Waals surface area contributed by atoms with Gasteiger partial charge in [-0.2, -0.15) is 5.10 Å². The smallest absolute Gasteiger partial charge is 0.259 e.